The van der Waals surface area contributed by atoms with E-state index in [0.717, 1.165) is 5.56 Å². The highest BCUT2D eigenvalue weighted by Crippen LogP contribution is 2.22. The largest absolute Gasteiger partial charge is 0.485 e. The molecular weight excluding hydrogens is 304 g/mol. The molecule has 0 spiro atoms. The Balaban J connectivity index is 1.92. The summed E-state index contributed by atoms with van der Waals surface area (Å²) in [7, 11) is 0. The number of nitrogens with zero attached hydrogens (tertiary/aromatic N) is 1. The summed E-state index contributed by atoms with van der Waals surface area (Å²) in [6, 6.07) is 13.4. The van der Waals surface area contributed by atoms with Crippen molar-refractivity contribution in [1.29, 1.82) is 0 Å². The Morgan fingerprint density at radius 2 is 1.88 bits per heavy atom. The molecule has 1 aromatic heterocycles. The van der Waals surface area contributed by atoms with Crippen LogP contribution in [0.5, 0.6) is 5.75 Å². The first kappa shape index (κ1) is 17.9. The summed E-state index contributed by atoms with van der Waals surface area (Å²) in [5.74, 6) is 1.05. The van der Waals surface area contributed by atoms with Gasteiger partial charge in [-0.1, -0.05) is 44.2 Å². The van der Waals surface area contributed by atoms with Crippen molar-refractivity contribution < 1.29 is 14.3 Å². The third-order valence-electron chi connectivity index (χ3n) is 3.68. The number of rotatable bonds is 8. The molecule has 1 aromatic carbocycles. The van der Waals surface area contributed by atoms with Crippen LogP contribution < -0.4 is 10.1 Å². The second kappa shape index (κ2) is 9.03. The summed E-state index contributed by atoms with van der Waals surface area (Å²) in [4.78, 5) is 16.2. The molecule has 128 valence electrons. The Labute approximate surface area is 143 Å². The van der Waals surface area contributed by atoms with E-state index < -0.39 is 0 Å². The predicted molar refractivity (Wildman–Crippen MR) is 93.9 cm³/mol. The maximum atomic E-state index is 12.0. The molecule has 1 unspecified atom stereocenters. The van der Waals surface area contributed by atoms with Gasteiger partial charge in [0.25, 0.3) is 5.91 Å². The van der Waals surface area contributed by atoms with Gasteiger partial charge in [-0.15, -0.1) is 0 Å². The second-order valence-corrected chi connectivity index (χ2v) is 5.93. The zero-order chi connectivity index (χ0) is 17.4. The SMILES string of the molecule is CC(C)C(C)OCC(=O)Nc1ncccc1OCc1ccccc1. The molecule has 0 bridgehead atoms. The van der Waals surface area contributed by atoms with Gasteiger partial charge in [-0.05, 0) is 30.5 Å². The third kappa shape index (κ3) is 5.66. The van der Waals surface area contributed by atoms with Crippen LogP contribution in [0.1, 0.15) is 26.3 Å². The van der Waals surface area contributed by atoms with Crippen LogP contribution in [0.2, 0.25) is 0 Å². The summed E-state index contributed by atoms with van der Waals surface area (Å²) in [5.41, 5.74) is 1.05. The minimum absolute atomic E-state index is 0.00591. The zero-order valence-corrected chi connectivity index (χ0v) is 14.4. The van der Waals surface area contributed by atoms with Gasteiger partial charge in [0.15, 0.2) is 11.6 Å². The van der Waals surface area contributed by atoms with E-state index in [4.69, 9.17) is 9.47 Å². The number of hydrogen-bond acceptors (Lipinski definition) is 4. The number of pyridine rings is 1. The molecule has 1 atom stereocenters. The van der Waals surface area contributed by atoms with Gasteiger partial charge in [0.1, 0.15) is 13.2 Å². The average Bonchev–Trinajstić information content (AvgIpc) is 2.59. The van der Waals surface area contributed by atoms with E-state index in [1.165, 1.54) is 0 Å². The van der Waals surface area contributed by atoms with Crippen LogP contribution >= 0.6 is 0 Å². The number of nitrogens with one attached hydrogen (secondary N) is 1. The molecule has 5 heteroatoms. The fourth-order valence-corrected chi connectivity index (χ4v) is 1.90. The quantitative estimate of drug-likeness (QED) is 0.803. The summed E-state index contributed by atoms with van der Waals surface area (Å²) >= 11 is 0. The van der Waals surface area contributed by atoms with Crippen LogP contribution in [0, 0.1) is 5.92 Å². The summed E-state index contributed by atoms with van der Waals surface area (Å²) in [6.45, 7) is 6.46. The van der Waals surface area contributed by atoms with Crippen molar-refractivity contribution in [2.24, 2.45) is 5.92 Å². The lowest BCUT2D eigenvalue weighted by atomic mass is 10.1. The Morgan fingerprint density at radius 3 is 2.58 bits per heavy atom. The highest BCUT2D eigenvalue weighted by atomic mass is 16.5. The third-order valence-corrected chi connectivity index (χ3v) is 3.68. The molecule has 0 radical (unpaired) electrons. The first-order chi connectivity index (χ1) is 11.6. The Morgan fingerprint density at radius 1 is 1.12 bits per heavy atom. The van der Waals surface area contributed by atoms with Gasteiger partial charge in [-0.2, -0.15) is 0 Å². The smallest absolute Gasteiger partial charge is 0.251 e. The molecule has 1 heterocycles. The van der Waals surface area contributed by atoms with Crippen LogP contribution in [0.3, 0.4) is 0 Å². The Hall–Kier alpha value is -2.40. The van der Waals surface area contributed by atoms with Crippen LogP contribution in [0.15, 0.2) is 48.7 Å². The molecule has 0 saturated heterocycles. The minimum Gasteiger partial charge on any atom is -0.485 e. The lowest BCUT2D eigenvalue weighted by Gasteiger charge is -2.16. The number of carbonyl (C=O) groups excluding carboxylic acids is 1. The van der Waals surface area contributed by atoms with Gasteiger partial charge in [0.05, 0.1) is 6.10 Å². The van der Waals surface area contributed by atoms with Crippen LogP contribution in [0.4, 0.5) is 5.82 Å². The second-order valence-electron chi connectivity index (χ2n) is 5.93. The molecule has 0 aliphatic heterocycles. The highest BCUT2D eigenvalue weighted by Gasteiger charge is 2.13. The van der Waals surface area contributed by atoms with Crippen molar-refractivity contribution in [3.8, 4) is 5.75 Å². The normalized spacial score (nSPS) is 12.0. The molecule has 0 fully saturated rings. The van der Waals surface area contributed by atoms with Gasteiger partial charge in [0, 0.05) is 6.20 Å². The Bertz CT molecular complexity index is 644. The monoisotopic (exact) mass is 328 g/mol. The molecule has 2 rings (SSSR count). The molecule has 2 aromatic rings. The van der Waals surface area contributed by atoms with Gasteiger partial charge < -0.3 is 14.8 Å². The lowest BCUT2D eigenvalue weighted by Crippen LogP contribution is -2.25. The van der Waals surface area contributed by atoms with Gasteiger partial charge in [-0.25, -0.2) is 4.98 Å². The first-order valence-electron chi connectivity index (χ1n) is 8.09. The number of benzene rings is 1. The first-order valence-corrected chi connectivity index (χ1v) is 8.09. The maximum absolute atomic E-state index is 12.0. The van der Waals surface area contributed by atoms with E-state index >= 15 is 0 Å². The van der Waals surface area contributed by atoms with E-state index in [2.05, 4.69) is 24.1 Å². The zero-order valence-electron chi connectivity index (χ0n) is 14.4. The van der Waals surface area contributed by atoms with Crippen LogP contribution in [-0.2, 0) is 16.1 Å². The van der Waals surface area contributed by atoms with Crippen LogP contribution in [-0.4, -0.2) is 23.6 Å². The number of carbonyl (C=O) groups is 1. The van der Waals surface area contributed by atoms with E-state index in [1.807, 2.05) is 37.3 Å². The minimum atomic E-state index is -0.245. The number of hydrogen-bond donors (Lipinski definition) is 1. The van der Waals surface area contributed by atoms with E-state index in [-0.39, 0.29) is 18.6 Å². The fraction of sp³-hybridized carbons (Fsp3) is 0.368. The molecule has 0 saturated carbocycles. The number of ether oxygens (including phenoxy) is 2. The van der Waals surface area contributed by atoms with Crippen molar-refractivity contribution in [2.75, 3.05) is 11.9 Å². The van der Waals surface area contributed by atoms with Crippen molar-refractivity contribution in [2.45, 2.75) is 33.5 Å². The fourth-order valence-electron chi connectivity index (χ4n) is 1.90. The van der Waals surface area contributed by atoms with Crippen molar-refractivity contribution >= 4 is 11.7 Å². The number of anilines is 1. The predicted octanol–water partition coefficient (Wildman–Crippen LogP) is 3.66. The van der Waals surface area contributed by atoms with Crippen LogP contribution in [0.25, 0.3) is 0 Å². The molecule has 0 aliphatic carbocycles. The van der Waals surface area contributed by atoms with E-state index in [9.17, 15) is 4.79 Å². The standard InChI is InChI=1S/C19H24N2O3/c1-14(2)15(3)23-13-18(22)21-19-17(10-7-11-20-19)24-12-16-8-5-4-6-9-16/h4-11,14-15H,12-13H2,1-3H3,(H,20,21,22). The Kier molecular flexibility index (Phi) is 6.75. The van der Waals surface area contributed by atoms with Gasteiger partial charge in [-0.3, -0.25) is 4.79 Å². The topological polar surface area (TPSA) is 60.5 Å². The van der Waals surface area contributed by atoms with E-state index in [1.54, 1.807) is 18.3 Å². The van der Waals surface area contributed by atoms with Gasteiger partial charge >= 0.3 is 0 Å². The van der Waals surface area contributed by atoms with E-state index in [0.29, 0.717) is 24.1 Å². The molecule has 24 heavy (non-hydrogen) atoms. The molecule has 5 nitrogen and oxygen atoms in total. The molecule has 0 aliphatic rings. The maximum Gasteiger partial charge on any atom is 0.251 e. The molecular formula is C19H24N2O3. The number of aromatic nitrogens is 1. The highest BCUT2D eigenvalue weighted by molar-refractivity contribution is 5.92. The summed E-state index contributed by atoms with van der Waals surface area (Å²) < 4.78 is 11.3. The molecule has 1 amide bonds. The van der Waals surface area contributed by atoms with Crippen molar-refractivity contribution in [3.63, 3.8) is 0 Å². The summed E-state index contributed by atoms with van der Waals surface area (Å²) in [6.07, 6.45) is 1.64. The number of amides is 1. The van der Waals surface area contributed by atoms with Gasteiger partial charge in [0.2, 0.25) is 0 Å². The van der Waals surface area contributed by atoms with Crippen molar-refractivity contribution in [1.82, 2.24) is 4.98 Å². The van der Waals surface area contributed by atoms with Crippen molar-refractivity contribution in [3.05, 3.63) is 54.2 Å². The average molecular weight is 328 g/mol. The lowest BCUT2D eigenvalue weighted by molar-refractivity contribution is -0.123. The molecule has 1 N–H and O–H groups in total. The summed E-state index contributed by atoms with van der Waals surface area (Å²) in [5, 5.41) is 2.74.